The highest BCUT2D eigenvalue weighted by atomic mass is 32.2. The summed E-state index contributed by atoms with van der Waals surface area (Å²) in [4.78, 5) is 27.1. The molecule has 1 fully saturated rings. The lowest BCUT2D eigenvalue weighted by Crippen LogP contribution is -2.41. The van der Waals surface area contributed by atoms with Crippen LogP contribution in [0.3, 0.4) is 0 Å². The first kappa shape index (κ1) is 24.4. The summed E-state index contributed by atoms with van der Waals surface area (Å²) in [6.07, 6.45) is 2.64. The van der Waals surface area contributed by atoms with Crippen molar-refractivity contribution in [1.82, 2.24) is 10.2 Å². The van der Waals surface area contributed by atoms with E-state index in [4.69, 9.17) is 9.47 Å². The molecule has 1 aliphatic heterocycles. The fourth-order valence-corrected chi connectivity index (χ4v) is 4.30. The molecule has 0 saturated carbocycles. The number of piperidine rings is 1. The quantitative estimate of drug-likeness (QED) is 0.606. The third-order valence-corrected chi connectivity index (χ3v) is 6.14. The minimum atomic E-state index is -3.36. The molecule has 33 heavy (non-hydrogen) atoms. The van der Waals surface area contributed by atoms with Crippen LogP contribution in [0.15, 0.2) is 42.5 Å². The van der Waals surface area contributed by atoms with E-state index in [2.05, 4.69) is 10.0 Å². The van der Waals surface area contributed by atoms with Crippen molar-refractivity contribution in [3.63, 3.8) is 0 Å². The molecule has 9 nitrogen and oxygen atoms in total. The molecule has 2 aromatic carbocycles. The number of nitrogens with zero attached hydrogens (tertiary/aromatic N) is 1. The average Bonchev–Trinajstić information content (AvgIpc) is 2.81. The van der Waals surface area contributed by atoms with Crippen LogP contribution in [-0.4, -0.2) is 65.2 Å². The number of carbonyl (C=O) groups excluding carboxylic acids is 2. The predicted octanol–water partition coefficient (Wildman–Crippen LogP) is 2.36. The van der Waals surface area contributed by atoms with Crippen molar-refractivity contribution in [3.05, 3.63) is 53.6 Å². The molecule has 178 valence electrons. The van der Waals surface area contributed by atoms with Gasteiger partial charge in [0.1, 0.15) is 0 Å². The van der Waals surface area contributed by atoms with E-state index in [1.807, 2.05) is 0 Å². The molecular weight excluding hydrogens is 446 g/mol. The summed E-state index contributed by atoms with van der Waals surface area (Å²) in [7, 11) is -0.295. The van der Waals surface area contributed by atoms with Crippen molar-refractivity contribution in [3.8, 4) is 11.5 Å². The highest BCUT2D eigenvalue weighted by Gasteiger charge is 2.24. The molecule has 2 N–H and O–H groups in total. The topological polar surface area (TPSA) is 114 Å². The van der Waals surface area contributed by atoms with Gasteiger partial charge in [0.2, 0.25) is 10.0 Å². The first-order valence-corrected chi connectivity index (χ1v) is 12.5. The van der Waals surface area contributed by atoms with Gasteiger partial charge >= 0.3 is 0 Å². The van der Waals surface area contributed by atoms with Crippen LogP contribution in [0.1, 0.15) is 33.6 Å². The van der Waals surface area contributed by atoms with E-state index >= 15 is 0 Å². The van der Waals surface area contributed by atoms with Gasteiger partial charge in [0.25, 0.3) is 11.8 Å². The van der Waals surface area contributed by atoms with Crippen molar-refractivity contribution in [2.24, 2.45) is 5.92 Å². The van der Waals surface area contributed by atoms with Crippen molar-refractivity contribution >= 4 is 27.5 Å². The average molecular weight is 476 g/mol. The fourth-order valence-electron chi connectivity index (χ4n) is 3.73. The van der Waals surface area contributed by atoms with Crippen LogP contribution in [0.25, 0.3) is 0 Å². The summed E-state index contributed by atoms with van der Waals surface area (Å²) in [5, 5.41) is 2.96. The van der Waals surface area contributed by atoms with Crippen molar-refractivity contribution in [2.45, 2.75) is 12.8 Å². The molecular formula is C23H29N3O6S. The molecule has 2 aromatic rings. The Morgan fingerprint density at radius 2 is 1.58 bits per heavy atom. The van der Waals surface area contributed by atoms with E-state index in [0.29, 0.717) is 47.9 Å². The summed E-state index contributed by atoms with van der Waals surface area (Å²) in [5.41, 5.74) is 1.42. The number of likely N-dealkylation sites (tertiary alicyclic amines) is 1. The minimum Gasteiger partial charge on any atom is -0.493 e. The number of hydrogen-bond donors (Lipinski definition) is 2. The number of ether oxygens (including phenoxy) is 2. The predicted molar refractivity (Wildman–Crippen MR) is 125 cm³/mol. The standard InChI is InChI=1S/C23H29N3O6S/c1-31-20-9-6-18(14-21(20)32-2)22(27)24-15-16-10-12-26(13-11-16)23(28)17-4-7-19(8-5-17)25-33(3,29)30/h4-9,14,16,25H,10-13,15H2,1-3H3,(H,24,27). The number of nitrogens with one attached hydrogen (secondary N) is 2. The monoisotopic (exact) mass is 475 g/mol. The van der Waals surface area contributed by atoms with E-state index in [0.717, 1.165) is 19.1 Å². The third kappa shape index (κ3) is 6.61. The molecule has 0 bridgehead atoms. The van der Waals surface area contributed by atoms with Gasteiger partial charge in [-0.05, 0) is 61.2 Å². The first-order valence-electron chi connectivity index (χ1n) is 10.6. The van der Waals surface area contributed by atoms with Crippen LogP contribution >= 0.6 is 0 Å². The summed E-state index contributed by atoms with van der Waals surface area (Å²) >= 11 is 0. The van der Waals surface area contributed by atoms with Crippen LogP contribution in [0.4, 0.5) is 5.69 Å². The fraction of sp³-hybridized carbons (Fsp3) is 0.391. The maximum atomic E-state index is 12.8. The van der Waals surface area contributed by atoms with Crippen molar-refractivity contribution in [2.75, 3.05) is 44.8 Å². The molecule has 2 amide bonds. The van der Waals surface area contributed by atoms with Gasteiger partial charge in [0.15, 0.2) is 11.5 Å². The van der Waals surface area contributed by atoms with E-state index in [1.54, 1.807) is 54.5 Å². The van der Waals surface area contributed by atoms with E-state index < -0.39 is 10.0 Å². The Balaban J connectivity index is 1.48. The molecule has 0 aromatic heterocycles. The van der Waals surface area contributed by atoms with Gasteiger partial charge < -0.3 is 19.7 Å². The lowest BCUT2D eigenvalue weighted by atomic mass is 9.96. The number of amides is 2. The number of anilines is 1. The molecule has 0 radical (unpaired) electrons. The largest absolute Gasteiger partial charge is 0.493 e. The molecule has 0 aliphatic carbocycles. The lowest BCUT2D eigenvalue weighted by Gasteiger charge is -2.32. The third-order valence-electron chi connectivity index (χ3n) is 5.53. The molecule has 0 unspecified atom stereocenters. The van der Waals surface area contributed by atoms with Crippen molar-refractivity contribution < 1.29 is 27.5 Å². The molecule has 3 rings (SSSR count). The Morgan fingerprint density at radius 1 is 0.970 bits per heavy atom. The van der Waals surface area contributed by atoms with Crippen LogP contribution in [0.5, 0.6) is 11.5 Å². The SMILES string of the molecule is COc1ccc(C(=O)NCC2CCN(C(=O)c3ccc(NS(C)(=O)=O)cc3)CC2)cc1OC. The van der Waals surface area contributed by atoms with Gasteiger partial charge in [0.05, 0.1) is 20.5 Å². The zero-order chi connectivity index (χ0) is 24.0. The minimum absolute atomic E-state index is 0.0891. The van der Waals surface area contributed by atoms with Crippen LogP contribution in [0, 0.1) is 5.92 Å². The van der Waals surface area contributed by atoms with Crippen molar-refractivity contribution in [1.29, 1.82) is 0 Å². The zero-order valence-corrected chi connectivity index (χ0v) is 19.8. The molecule has 10 heteroatoms. The highest BCUT2D eigenvalue weighted by Crippen LogP contribution is 2.27. The second-order valence-electron chi connectivity index (χ2n) is 7.97. The Bertz CT molecular complexity index is 1090. The Morgan fingerprint density at radius 3 is 2.15 bits per heavy atom. The second-order valence-corrected chi connectivity index (χ2v) is 9.72. The highest BCUT2D eigenvalue weighted by molar-refractivity contribution is 7.92. The maximum Gasteiger partial charge on any atom is 0.253 e. The van der Waals surface area contributed by atoms with E-state index in [9.17, 15) is 18.0 Å². The smallest absolute Gasteiger partial charge is 0.253 e. The number of sulfonamides is 1. The van der Waals surface area contributed by atoms with E-state index in [-0.39, 0.29) is 17.7 Å². The number of carbonyl (C=O) groups is 2. The molecule has 0 spiro atoms. The molecule has 1 saturated heterocycles. The lowest BCUT2D eigenvalue weighted by molar-refractivity contribution is 0.0684. The zero-order valence-electron chi connectivity index (χ0n) is 19.0. The van der Waals surface area contributed by atoms with Gasteiger partial charge in [-0.3, -0.25) is 14.3 Å². The van der Waals surface area contributed by atoms with Gasteiger partial charge in [-0.25, -0.2) is 8.42 Å². The summed E-state index contributed by atoms with van der Waals surface area (Å²) in [5.74, 6) is 1.06. The number of methoxy groups -OCH3 is 2. The van der Waals surface area contributed by atoms with Crippen LogP contribution < -0.4 is 19.5 Å². The van der Waals surface area contributed by atoms with Crippen LogP contribution in [-0.2, 0) is 10.0 Å². The second kappa shape index (κ2) is 10.6. The Kier molecular flexibility index (Phi) is 7.80. The molecule has 0 atom stereocenters. The first-order chi connectivity index (χ1) is 15.7. The number of rotatable bonds is 8. The summed E-state index contributed by atoms with van der Waals surface area (Å²) < 4.78 is 35.4. The van der Waals surface area contributed by atoms with E-state index in [1.165, 1.54) is 7.11 Å². The van der Waals surface area contributed by atoms with Gasteiger partial charge in [-0.1, -0.05) is 0 Å². The Labute approximate surface area is 194 Å². The van der Waals surface area contributed by atoms with Gasteiger partial charge in [-0.2, -0.15) is 0 Å². The molecule has 1 heterocycles. The number of benzene rings is 2. The summed E-state index contributed by atoms with van der Waals surface area (Å²) in [6.45, 7) is 1.72. The normalized spacial score (nSPS) is 14.5. The molecule has 1 aliphatic rings. The number of hydrogen-bond acceptors (Lipinski definition) is 6. The van der Waals surface area contributed by atoms with Gasteiger partial charge in [0, 0.05) is 36.4 Å². The Hall–Kier alpha value is -3.27. The summed E-state index contributed by atoms with van der Waals surface area (Å²) in [6, 6.07) is 11.4. The van der Waals surface area contributed by atoms with Crippen LogP contribution in [0.2, 0.25) is 0 Å². The maximum absolute atomic E-state index is 12.8. The van der Waals surface area contributed by atoms with Gasteiger partial charge in [-0.15, -0.1) is 0 Å².